The lowest BCUT2D eigenvalue weighted by molar-refractivity contribution is -0.146. The summed E-state index contributed by atoms with van der Waals surface area (Å²) in [6.07, 6.45) is 1.08. The van der Waals surface area contributed by atoms with Crippen molar-refractivity contribution in [3.63, 3.8) is 0 Å². The third-order valence-electron chi connectivity index (χ3n) is 6.60. The van der Waals surface area contributed by atoms with Gasteiger partial charge in [0.1, 0.15) is 5.82 Å². The monoisotopic (exact) mass is 577 g/mol. The topological polar surface area (TPSA) is 117 Å². The number of aryl methyl sites for hydroxylation is 3. The fourth-order valence-corrected chi connectivity index (χ4v) is 4.87. The first-order chi connectivity index (χ1) is 19.7. The molecule has 0 aliphatic carbocycles. The quantitative estimate of drug-likeness (QED) is 0.205. The van der Waals surface area contributed by atoms with Gasteiger partial charge in [0.15, 0.2) is 6.04 Å². The van der Waals surface area contributed by atoms with E-state index < -0.39 is 41.5 Å². The fraction of sp³-hybridized carbons (Fsp3) is 0.364. The van der Waals surface area contributed by atoms with E-state index in [1.807, 2.05) is 26.0 Å². The molecule has 0 unspecified atom stereocenters. The molecule has 0 aliphatic heterocycles. The SMILES string of the molecule is CCCc1cc(C)c(NC(=O)Nc2cc(-c3cccc(F)c3)ccc2C(=O)N[C@H](C(=O)O)[C@@H](C)OC(C)(C)C)c(C)c1. The lowest BCUT2D eigenvalue weighted by Crippen LogP contribution is -2.50. The molecule has 224 valence electrons. The second kappa shape index (κ2) is 13.6. The van der Waals surface area contributed by atoms with E-state index in [9.17, 15) is 23.9 Å². The van der Waals surface area contributed by atoms with Crippen molar-refractivity contribution in [2.24, 2.45) is 0 Å². The third-order valence-corrected chi connectivity index (χ3v) is 6.60. The van der Waals surface area contributed by atoms with Crippen molar-refractivity contribution in [3.05, 3.63) is 82.7 Å². The molecule has 3 amide bonds. The molecule has 0 radical (unpaired) electrons. The molecule has 0 saturated carbocycles. The smallest absolute Gasteiger partial charge is 0.328 e. The average Bonchev–Trinajstić information content (AvgIpc) is 2.88. The van der Waals surface area contributed by atoms with Crippen LogP contribution in [0.15, 0.2) is 54.6 Å². The van der Waals surface area contributed by atoms with Gasteiger partial charge in [0.2, 0.25) is 0 Å². The number of carbonyl (C=O) groups is 3. The molecule has 8 nitrogen and oxygen atoms in total. The van der Waals surface area contributed by atoms with Crippen LogP contribution in [0.5, 0.6) is 0 Å². The Morgan fingerprint density at radius 2 is 1.60 bits per heavy atom. The van der Waals surface area contributed by atoms with Crippen LogP contribution in [0.1, 0.15) is 68.1 Å². The zero-order valence-corrected chi connectivity index (χ0v) is 25.2. The van der Waals surface area contributed by atoms with Crippen molar-refractivity contribution in [1.82, 2.24) is 5.32 Å². The maximum Gasteiger partial charge on any atom is 0.328 e. The normalized spacial score (nSPS) is 12.8. The van der Waals surface area contributed by atoms with Crippen molar-refractivity contribution in [2.75, 3.05) is 10.6 Å². The van der Waals surface area contributed by atoms with Gasteiger partial charge in [-0.15, -0.1) is 0 Å². The van der Waals surface area contributed by atoms with Gasteiger partial charge in [0.05, 0.1) is 23.0 Å². The Morgan fingerprint density at radius 1 is 0.952 bits per heavy atom. The summed E-state index contributed by atoms with van der Waals surface area (Å²) in [4.78, 5) is 38.7. The van der Waals surface area contributed by atoms with Gasteiger partial charge >= 0.3 is 12.0 Å². The number of carbonyl (C=O) groups excluding carboxylic acids is 2. The van der Waals surface area contributed by atoms with E-state index >= 15 is 0 Å². The van der Waals surface area contributed by atoms with Crippen LogP contribution in [0.3, 0.4) is 0 Å². The highest BCUT2D eigenvalue weighted by atomic mass is 19.1. The minimum absolute atomic E-state index is 0.0336. The molecule has 0 bridgehead atoms. The van der Waals surface area contributed by atoms with E-state index in [1.165, 1.54) is 23.8 Å². The predicted octanol–water partition coefficient (Wildman–Crippen LogP) is 7.09. The number of hydrogen-bond acceptors (Lipinski definition) is 4. The summed E-state index contributed by atoms with van der Waals surface area (Å²) in [6, 6.07) is 12.7. The van der Waals surface area contributed by atoms with E-state index in [-0.39, 0.29) is 11.3 Å². The van der Waals surface area contributed by atoms with Crippen LogP contribution < -0.4 is 16.0 Å². The molecule has 2 atom stereocenters. The van der Waals surface area contributed by atoms with Crippen molar-refractivity contribution in [3.8, 4) is 11.1 Å². The number of halogens is 1. The zero-order chi connectivity index (χ0) is 31.2. The molecule has 3 aromatic carbocycles. The Kier molecular flexibility index (Phi) is 10.5. The van der Waals surface area contributed by atoms with E-state index in [0.29, 0.717) is 16.8 Å². The molecule has 3 aromatic rings. The van der Waals surface area contributed by atoms with Gasteiger partial charge in [0, 0.05) is 5.69 Å². The highest BCUT2D eigenvalue weighted by molar-refractivity contribution is 6.08. The number of ether oxygens (including phenoxy) is 1. The molecule has 3 rings (SSSR count). The number of aliphatic carboxylic acids is 1. The predicted molar refractivity (Wildman–Crippen MR) is 164 cm³/mol. The number of rotatable bonds is 10. The Hall–Kier alpha value is -4.24. The van der Waals surface area contributed by atoms with Gasteiger partial charge < -0.3 is 25.8 Å². The number of anilines is 2. The second-order valence-corrected chi connectivity index (χ2v) is 11.4. The number of urea groups is 1. The van der Waals surface area contributed by atoms with Crippen LogP contribution in [0, 0.1) is 19.7 Å². The number of carboxylic acids is 1. The lowest BCUT2D eigenvalue weighted by atomic mass is 10.0. The maximum absolute atomic E-state index is 14.0. The van der Waals surface area contributed by atoms with E-state index in [2.05, 4.69) is 22.9 Å². The van der Waals surface area contributed by atoms with Gasteiger partial charge in [-0.3, -0.25) is 4.79 Å². The molecule has 4 N–H and O–H groups in total. The maximum atomic E-state index is 14.0. The highest BCUT2D eigenvalue weighted by Crippen LogP contribution is 2.28. The summed E-state index contributed by atoms with van der Waals surface area (Å²) >= 11 is 0. The van der Waals surface area contributed by atoms with Crippen molar-refractivity contribution in [2.45, 2.75) is 79.1 Å². The van der Waals surface area contributed by atoms with Crippen LogP contribution in [0.2, 0.25) is 0 Å². The van der Waals surface area contributed by atoms with Crippen molar-refractivity contribution < 1.29 is 28.6 Å². The summed E-state index contributed by atoms with van der Waals surface area (Å²) in [5, 5.41) is 18.0. The number of nitrogens with one attached hydrogen (secondary N) is 3. The van der Waals surface area contributed by atoms with Crippen LogP contribution in [0.4, 0.5) is 20.6 Å². The average molecular weight is 578 g/mol. The molecular formula is C33H40FN3O5. The molecule has 0 spiro atoms. The Balaban J connectivity index is 1.96. The minimum atomic E-state index is -1.35. The summed E-state index contributed by atoms with van der Waals surface area (Å²) in [7, 11) is 0. The highest BCUT2D eigenvalue weighted by Gasteiger charge is 2.31. The molecule has 0 heterocycles. The number of carboxylic acid groups (broad SMARTS) is 1. The minimum Gasteiger partial charge on any atom is -0.480 e. The molecule has 0 saturated heterocycles. The summed E-state index contributed by atoms with van der Waals surface area (Å²) in [5.41, 5.74) is 4.24. The molecule has 42 heavy (non-hydrogen) atoms. The van der Waals surface area contributed by atoms with Crippen molar-refractivity contribution >= 4 is 29.3 Å². The third kappa shape index (κ3) is 8.63. The van der Waals surface area contributed by atoms with Crippen LogP contribution in [-0.2, 0) is 16.0 Å². The Bertz CT molecular complexity index is 1440. The van der Waals surface area contributed by atoms with Crippen molar-refractivity contribution in [1.29, 1.82) is 0 Å². The van der Waals surface area contributed by atoms with Crippen LogP contribution in [-0.4, -0.2) is 40.8 Å². The fourth-order valence-electron chi connectivity index (χ4n) is 4.87. The van der Waals surface area contributed by atoms with Gasteiger partial charge in [-0.1, -0.05) is 43.7 Å². The van der Waals surface area contributed by atoms with E-state index in [1.54, 1.807) is 52.0 Å². The summed E-state index contributed by atoms with van der Waals surface area (Å²) < 4.78 is 19.7. The summed E-state index contributed by atoms with van der Waals surface area (Å²) in [5.74, 6) is -2.42. The molecule has 0 fully saturated rings. The second-order valence-electron chi connectivity index (χ2n) is 11.4. The van der Waals surface area contributed by atoms with Gasteiger partial charge in [-0.25, -0.2) is 14.0 Å². The van der Waals surface area contributed by atoms with Gasteiger partial charge in [0.25, 0.3) is 5.91 Å². The van der Waals surface area contributed by atoms with E-state index in [4.69, 9.17) is 4.74 Å². The largest absolute Gasteiger partial charge is 0.480 e. The molecular weight excluding hydrogens is 537 g/mol. The molecule has 9 heteroatoms. The van der Waals surface area contributed by atoms with Gasteiger partial charge in [-0.2, -0.15) is 0 Å². The molecule has 0 aromatic heterocycles. The van der Waals surface area contributed by atoms with Gasteiger partial charge in [-0.05, 0) is 100 Å². The number of amides is 3. The molecule has 0 aliphatic rings. The van der Waals surface area contributed by atoms with E-state index in [0.717, 1.165) is 24.0 Å². The first kappa shape index (κ1) is 32.3. The standard InChI is InChI=1S/C33H40FN3O5/c1-8-10-22-15-19(2)28(20(3)16-22)37-32(41)35-27-18-24(23-11-9-12-25(34)17-23)13-14-26(27)30(38)36-29(31(39)40)21(4)42-33(5,6)7/h9,11-18,21,29H,8,10H2,1-7H3,(H,36,38)(H,39,40)(H2,35,37,41)/t21-,29+/m1/s1. The lowest BCUT2D eigenvalue weighted by Gasteiger charge is -2.29. The number of hydrogen-bond donors (Lipinski definition) is 4. The Morgan fingerprint density at radius 3 is 2.17 bits per heavy atom. The number of benzene rings is 3. The van der Waals surface area contributed by atoms with Crippen LogP contribution >= 0.6 is 0 Å². The first-order valence-electron chi connectivity index (χ1n) is 14.0. The zero-order valence-electron chi connectivity index (χ0n) is 25.2. The van der Waals surface area contributed by atoms with Crippen LogP contribution in [0.25, 0.3) is 11.1 Å². The Labute approximate surface area is 246 Å². The summed E-state index contributed by atoms with van der Waals surface area (Å²) in [6.45, 7) is 12.9. The first-order valence-corrected chi connectivity index (χ1v) is 14.0.